The summed E-state index contributed by atoms with van der Waals surface area (Å²) in [4.78, 5) is 26.5. The minimum absolute atomic E-state index is 0.0128. The molecule has 3 aliphatic rings. The van der Waals surface area contributed by atoms with Crippen molar-refractivity contribution in [3.8, 4) is 0 Å². The first kappa shape index (κ1) is 23.8. The van der Waals surface area contributed by atoms with Crippen LogP contribution in [0.2, 0.25) is 0 Å². The largest absolute Gasteiger partial charge is 0.395 e. The molecule has 2 aliphatic heterocycles. The van der Waals surface area contributed by atoms with Crippen LogP contribution in [0.25, 0.3) is 6.20 Å². The summed E-state index contributed by atoms with van der Waals surface area (Å²) in [5.41, 5.74) is 2.84. The second-order valence-corrected chi connectivity index (χ2v) is 10.1. The Kier molecular flexibility index (Phi) is 7.06. The van der Waals surface area contributed by atoms with Crippen LogP contribution in [0.3, 0.4) is 0 Å². The molecule has 1 amide bonds. The monoisotopic (exact) mass is 479 g/mol. The van der Waals surface area contributed by atoms with Crippen LogP contribution in [0.15, 0.2) is 29.4 Å². The van der Waals surface area contributed by atoms with Gasteiger partial charge in [0, 0.05) is 44.3 Å². The topological polar surface area (TPSA) is 98.0 Å². The van der Waals surface area contributed by atoms with Gasteiger partial charge in [-0.15, -0.1) is 0 Å². The quantitative estimate of drug-likeness (QED) is 0.553. The molecular formula is C26H37N7O2. The van der Waals surface area contributed by atoms with Gasteiger partial charge in [-0.2, -0.15) is 0 Å². The van der Waals surface area contributed by atoms with E-state index < -0.39 is 0 Å². The van der Waals surface area contributed by atoms with Gasteiger partial charge in [0.15, 0.2) is 6.29 Å². The number of hydrogen-bond donors (Lipinski definition) is 3. The Labute approximate surface area is 206 Å². The van der Waals surface area contributed by atoms with Crippen LogP contribution >= 0.6 is 0 Å². The third-order valence-electron chi connectivity index (χ3n) is 7.55. The van der Waals surface area contributed by atoms with Gasteiger partial charge in [-0.1, -0.05) is 18.9 Å². The van der Waals surface area contributed by atoms with E-state index in [1.807, 2.05) is 24.5 Å². The van der Waals surface area contributed by atoms with Gasteiger partial charge in [0.1, 0.15) is 17.0 Å². The van der Waals surface area contributed by atoms with Gasteiger partial charge in [0.2, 0.25) is 0 Å². The van der Waals surface area contributed by atoms with Gasteiger partial charge < -0.3 is 30.1 Å². The lowest BCUT2D eigenvalue weighted by atomic mass is 9.90. The Morgan fingerprint density at radius 3 is 2.63 bits per heavy atom. The van der Waals surface area contributed by atoms with Gasteiger partial charge in [0.05, 0.1) is 6.61 Å². The third-order valence-corrected chi connectivity index (χ3v) is 7.55. The predicted molar refractivity (Wildman–Crippen MR) is 135 cm³/mol. The lowest BCUT2D eigenvalue weighted by molar-refractivity contribution is 0.0814. The number of piperidine rings is 1. The minimum atomic E-state index is -0.347. The van der Waals surface area contributed by atoms with Crippen LogP contribution in [0.4, 0.5) is 5.82 Å². The maximum atomic E-state index is 12.9. The van der Waals surface area contributed by atoms with Gasteiger partial charge in [-0.3, -0.25) is 4.79 Å². The van der Waals surface area contributed by atoms with Crippen LogP contribution in [-0.2, 0) is 0 Å². The zero-order valence-electron chi connectivity index (χ0n) is 20.8. The van der Waals surface area contributed by atoms with Crippen LogP contribution in [-0.4, -0.2) is 77.0 Å². The highest BCUT2D eigenvalue weighted by Gasteiger charge is 2.26. The first-order valence-electron chi connectivity index (χ1n) is 12.9. The number of carbonyl (C=O) groups excluding carboxylic acids is 1. The normalized spacial score (nSPS) is 21.1. The lowest BCUT2D eigenvalue weighted by Gasteiger charge is -2.31. The van der Waals surface area contributed by atoms with Crippen molar-refractivity contribution in [1.29, 1.82) is 0 Å². The van der Waals surface area contributed by atoms with E-state index in [0.29, 0.717) is 17.7 Å². The molecule has 9 nitrogen and oxygen atoms in total. The molecule has 0 radical (unpaired) electrons. The Morgan fingerprint density at radius 1 is 1.20 bits per heavy atom. The number of amides is 1. The average molecular weight is 480 g/mol. The highest BCUT2D eigenvalue weighted by Crippen LogP contribution is 2.30. The number of anilines is 1. The summed E-state index contributed by atoms with van der Waals surface area (Å²) in [6.07, 6.45) is 10.3. The summed E-state index contributed by atoms with van der Waals surface area (Å²) < 4.78 is 2.16. The first-order chi connectivity index (χ1) is 17.0. The molecule has 1 unspecified atom stereocenters. The van der Waals surface area contributed by atoms with E-state index in [4.69, 9.17) is 10.1 Å². The maximum Gasteiger partial charge on any atom is 0.270 e. The molecule has 0 aromatic carbocycles. The number of pyridine rings is 1. The molecule has 2 aromatic rings. The summed E-state index contributed by atoms with van der Waals surface area (Å²) in [5.74, 6) is 1.30. The van der Waals surface area contributed by atoms with E-state index in [2.05, 4.69) is 31.2 Å². The van der Waals surface area contributed by atoms with Crippen LogP contribution in [0.5, 0.6) is 0 Å². The molecule has 0 spiro atoms. The molecule has 188 valence electrons. The van der Waals surface area contributed by atoms with Crippen LogP contribution in [0.1, 0.15) is 66.5 Å². The number of rotatable bonds is 7. The van der Waals surface area contributed by atoms with Crippen molar-refractivity contribution in [2.24, 2.45) is 4.99 Å². The number of nitrogens with zero attached hydrogens (tertiary/aromatic N) is 5. The molecule has 1 saturated carbocycles. The smallest absolute Gasteiger partial charge is 0.270 e. The zero-order chi connectivity index (χ0) is 24.4. The van der Waals surface area contributed by atoms with Crippen molar-refractivity contribution in [2.75, 3.05) is 45.7 Å². The van der Waals surface area contributed by atoms with Crippen LogP contribution < -0.4 is 21.3 Å². The van der Waals surface area contributed by atoms with Gasteiger partial charge >= 0.3 is 0 Å². The first-order valence-corrected chi connectivity index (χ1v) is 12.9. The molecule has 0 bridgehead atoms. The number of aliphatic hydroxyl groups is 1. The summed E-state index contributed by atoms with van der Waals surface area (Å²) in [7, 11) is 3.59. The number of aromatic nitrogens is 2. The predicted octanol–water partition coefficient (Wildman–Crippen LogP) is 1.23. The molecule has 4 heterocycles. The van der Waals surface area contributed by atoms with Crippen molar-refractivity contribution >= 4 is 17.9 Å². The number of β-amino-alcohol motifs (C(OH)–C–C–N with tert-alkyl or cyclic N) is 1. The number of fused-ring (bicyclic) bond motifs is 1. The number of carbonyl (C=O) groups is 1. The Hall–Kier alpha value is -2.91. The molecule has 2 aromatic heterocycles. The molecule has 35 heavy (non-hydrogen) atoms. The molecular weight excluding hydrogens is 442 g/mol. The van der Waals surface area contributed by atoms with Gasteiger partial charge in [0.25, 0.3) is 5.91 Å². The van der Waals surface area contributed by atoms with E-state index >= 15 is 0 Å². The van der Waals surface area contributed by atoms with Crippen molar-refractivity contribution < 1.29 is 9.90 Å². The van der Waals surface area contributed by atoms with E-state index in [1.54, 1.807) is 19.0 Å². The zero-order valence-corrected chi connectivity index (χ0v) is 20.8. The van der Waals surface area contributed by atoms with Crippen molar-refractivity contribution in [3.05, 3.63) is 46.4 Å². The highest BCUT2D eigenvalue weighted by atomic mass is 16.3. The number of likely N-dealkylation sites (tertiary alicyclic amines) is 1. The number of nitrogens with one attached hydrogen (secondary N) is 2. The number of hydrogen-bond acceptors (Lipinski definition) is 7. The minimum Gasteiger partial charge on any atom is -0.395 e. The molecule has 3 N–H and O–H groups in total. The van der Waals surface area contributed by atoms with E-state index in [9.17, 15) is 4.79 Å². The lowest BCUT2D eigenvalue weighted by Crippen LogP contribution is -2.45. The fourth-order valence-corrected chi connectivity index (χ4v) is 5.61. The SMILES string of the molecule is CN(C)C(=O)c1cc2c(n1C1CCCC1)=NC(Nc1ccc(C3CCN(CCO)CC3)cn1)NC=2. The average Bonchev–Trinajstić information content (AvgIpc) is 3.52. The summed E-state index contributed by atoms with van der Waals surface area (Å²) in [6.45, 7) is 3.03. The van der Waals surface area contributed by atoms with Crippen LogP contribution in [0, 0.1) is 0 Å². The molecule has 9 heteroatoms. The van der Waals surface area contributed by atoms with Gasteiger partial charge in [-0.05, 0) is 62.4 Å². The van der Waals surface area contributed by atoms with Crippen molar-refractivity contribution in [1.82, 2.24) is 24.7 Å². The number of aliphatic hydroxyl groups excluding tert-OH is 1. The van der Waals surface area contributed by atoms with Crippen molar-refractivity contribution in [3.63, 3.8) is 0 Å². The second-order valence-electron chi connectivity index (χ2n) is 10.1. The summed E-state index contributed by atoms with van der Waals surface area (Å²) in [6, 6.07) is 6.46. The third kappa shape index (κ3) is 5.06. The molecule has 5 rings (SSSR count). The Bertz CT molecular complexity index is 1140. The maximum absolute atomic E-state index is 12.9. The van der Waals surface area contributed by atoms with E-state index in [1.165, 1.54) is 18.4 Å². The Morgan fingerprint density at radius 2 is 1.97 bits per heavy atom. The molecule has 1 atom stereocenters. The van der Waals surface area contributed by atoms with E-state index in [0.717, 1.165) is 61.8 Å². The second kappa shape index (κ2) is 10.4. The fraction of sp³-hybridized carbons (Fsp3) is 0.577. The molecule has 1 aliphatic carbocycles. The van der Waals surface area contributed by atoms with Crippen molar-refractivity contribution in [2.45, 2.75) is 56.8 Å². The Balaban J connectivity index is 1.32. The van der Waals surface area contributed by atoms with E-state index in [-0.39, 0.29) is 18.8 Å². The molecule has 1 saturated heterocycles. The summed E-state index contributed by atoms with van der Waals surface area (Å²) in [5, 5.41) is 16.8. The summed E-state index contributed by atoms with van der Waals surface area (Å²) >= 11 is 0. The fourth-order valence-electron chi connectivity index (χ4n) is 5.61. The molecule has 2 fully saturated rings. The highest BCUT2D eigenvalue weighted by molar-refractivity contribution is 5.92. The van der Waals surface area contributed by atoms with Gasteiger partial charge in [-0.25, -0.2) is 9.98 Å². The standard InChI is InChI=1S/C26H37N7O2/c1-31(2)25(35)22-15-20-17-28-26(30-24(20)33(22)21-5-3-4-6-21)29-23-8-7-19(16-27-23)18-9-11-32(12-10-18)13-14-34/h7-8,15-18,21,26,28,34H,3-6,9-14H2,1-2H3,(H,27,29).